The summed E-state index contributed by atoms with van der Waals surface area (Å²) >= 11 is 0. The van der Waals surface area contributed by atoms with Gasteiger partial charge in [0.2, 0.25) is 6.33 Å². The number of hydrogen-bond acceptors (Lipinski definition) is 2. The van der Waals surface area contributed by atoms with Gasteiger partial charge in [-0.3, -0.25) is 0 Å². The number of aromatic nitrogens is 2. The van der Waals surface area contributed by atoms with Crippen molar-refractivity contribution in [1.82, 2.24) is 4.57 Å². The van der Waals surface area contributed by atoms with Crippen LogP contribution in [0, 0.1) is 17.8 Å². The smallest absolute Gasteiger partial charge is 0.247 e. The molecule has 1 aromatic rings. The van der Waals surface area contributed by atoms with Crippen molar-refractivity contribution >= 4 is 0 Å². The van der Waals surface area contributed by atoms with Crippen molar-refractivity contribution in [1.29, 1.82) is 0 Å². The lowest BCUT2D eigenvalue weighted by molar-refractivity contribution is -0.732. The third-order valence-electron chi connectivity index (χ3n) is 5.28. The Balaban J connectivity index is 1.75. The lowest BCUT2D eigenvalue weighted by Gasteiger charge is -2.36. The molecule has 0 aromatic carbocycles. The molecule has 1 heterocycles. The Kier molecular flexibility index (Phi) is 8.26. The molecule has 3 atom stereocenters. The Morgan fingerprint density at radius 3 is 2.83 bits per heavy atom. The van der Waals surface area contributed by atoms with Gasteiger partial charge in [-0.15, -0.1) is 0 Å². The molecule has 4 nitrogen and oxygen atoms in total. The Bertz CT molecular complexity index is 458. The summed E-state index contributed by atoms with van der Waals surface area (Å²) < 4.78 is 16.2. The number of unbranched alkanes of at least 4 members (excludes halogenated alkanes) is 2. The summed E-state index contributed by atoms with van der Waals surface area (Å²) in [5, 5.41) is 0. The van der Waals surface area contributed by atoms with Crippen LogP contribution in [0.5, 0.6) is 0 Å². The zero-order valence-corrected chi connectivity index (χ0v) is 16.1. The van der Waals surface area contributed by atoms with Gasteiger partial charge in [0.05, 0.1) is 12.7 Å². The highest BCUT2D eigenvalue weighted by Crippen LogP contribution is 2.35. The zero-order valence-electron chi connectivity index (χ0n) is 16.1. The lowest BCUT2D eigenvalue weighted by atomic mass is 9.75. The summed E-state index contributed by atoms with van der Waals surface area (Å²) in [5.74, 6) is 2.19. The standard InChI is InChI=1S/C20H37N2O2/c1-5-6-7-12-23-15-21-10-11-22(14-21)16-24-20-13-18(4)8-9-19(20)17(2)3/h10-11,14,17-20H,5-9,12-13,15-16H2,1-4H3/q+1/t18-,19+,20-/m1/s1. The van der Waals surface area contributed by atoms with Gasteiger partial charge in [-0.2, -0.15) is 0 Å². The van der Waals surface area contributed by atoms with Crippen LogP contribution >= 0.6 is 0 Å². The molecule has 1 aliphatic rings. The SMILES string of the molecule is CCCCCOC[n+]1ccn(CO[C@@H]2C[C@H](C)CC[C@H]2C(C)C)c1. The fourth-order valence-electron chi connectivity index (χ4n) is 3.70. The third kappa shape index (κ3) is 6.21. The Hall–Kier alpha value is -0.870. The molecule has 1 fully saturated rings. The quantitative estimate of drug-likeness (QED) is 0.468. The van der Waals surface area contributed by atoms with Crippen LogP contribution in [0.4, 0.5) is 0 Å². The molecule has 0 aliphatic heterocycles. The fourth-order valence-corrected chi connectivity index (χ4v) is 3.70. The van der Waals surface area contributed by atoms with Gasteiger partial charge in [-0.25, -0.2) is 9.13 Å². The van der Waals surface area contributed by atoms with E-state index in [0.29, 0.717) is 31.4 Å². The average Bonchev–Trinajstić information content (AvgIpc) is 3.00. The minimum absolute atomic E-state index is 0.398. The van der Waals surface area contributed by atoms with E-state index in [1.807, 2.05) is 0 Å². The van der Waals surface area contributed by atoms with Crippen molar-refractivity contribution in [2.24, 2.45) is 17.8 Å². The van der Waals surface area contributed by atoms with Crippen LogP contribution in [-0.2, 0) is 22.9 Å². The summed E-state index contributed by atoms with van der Waals surface area (Å²) in [6.07, 6.45) is 14.1. The number of ether oxygens (including phenoxy) is 2. The molecule has 1 saturated carbocycles. The van der Waals surface area contributed by atoms with Crippen LogP contribution in [0.2, 0.25) is 0 Å². The second kappa shape index (κ2) is 10.2. The molecule has 0 amide bonds. The number of hydrogen-bond donors (Lipinski definition) is 0. The first kappa shape index (κ1) is 19.5. The summed E-state index contributed by atoms with van der Waals surface area (Å²) in [7, 11) is 0. The number of rotatable bonds is 10. The molecule has 2 rings (SSSR count). The van der Waals surface area contributed by atoms with Crippen molar-refractivity contribution in [3.8, 4) is 0 Å². The Labute approximate surface area is 148 Å². The molecule has 0 bridgehead atoms. The van der Waals surface area contributed by atoms with E-state index in [-0.39, 0.29) is 0 Å². The highest BCUT2D eigenvalue weighted by molar-refractivity contribution is 4.81. The highest BCUT2D eigenvalue weighted by atomic mass is 16.5. The van der Waals surface area contributed by atoms with E-state index in [9.17, 15) is 0 Å². The van der Waals surface area contributed by atoms with Crippen LogP contribution in [0.3, 0.4) is 0 Å². The zero-order chi connectivity index (χ0) is 17.4. The van der Waals surface area contributed by atoms with Crippen molar-refractivity contribution in [3.05, 3.63) is 18.7 Å². The van der Waals surface area contributed by atoms with E-state index in [0.717, 1.165) is 18.9 Å². The van der Waals surface area contributed by atoms with E-state index >= 15 is 0 Å². The molecule has 1 aliphatic carbocycles. The van der Waals surface area contributed by atoms with Gasteiger partial charge < -0.3 is 9.47 Å². The van der Waals surface area contributed by atoms with Gasteiger partial charge in [0, 0.05) is 0 Å². The van der Waals surface area contributed by atoms with Crippen molar-refractivity contribution in [2.45, 2.75) is 85.8 Å². The minimum Gasteiger partial charge on any atom is -0.342 e. The lowest BCUT2D eigenvalue weighted by Crippen LogP contribution is -2.35. The maximum atomic E-state index is 6.29. The topological polar surface area (TPSA) is 27.3 Å². The first-order valence-corrected chi connectivity index (χ1v) is 9.84. The molecule has 138 valence electrons. The second-order valence-corrected chi connectivity index (χ2v) is 7.85. The molecular weight excluding hydrogens is 300 g/mol. The van der Waals surface area contributed by atoms with Gasteiger partial charge in [-0.1, -0.05) is 47.0 Å². The maximum absolute atomic E-state index is 6.29. The summed E-state index contributed by atoms with van der Waals surface area (Å²) in [6, 6.07) is 0. The number of imidazole rings is 1. The van der Waals surface area contributed by atoms with Gasteiger partial charge in [0.15, 0.2) is 13.5 Å². The first-order chi connectivity index (χ1) is 11.6. The molecule has 0 saturated heterocycles. The maximum Gasteiger partial charge on any atom is 0.247 e. The van der Waals surface area contributed by atoms with Crippen LogP contribution in [0.25, 0.3) is 0 Å². The van der Waals surface area contributed by atoms with Gasteiger partial charge in [-0.05, 0) is 37.0 Å². The Morgan fingerprint density at radius 1 is 1.25 bits per heavy atom. The largest absolute Gasteiger partial charge is 0.342 e. The minimum atomic E-state index is 0.398. The molecule has 0 N–H and O–H groups in total. The van der Waals surface area contributed by atoms with Crippen LogP contribution in [0.15, 0.2) is 18.7 Å². The van der Waals surface area contributed by atoms with Crippen LogP contribution < -0.4 is 4.57 Å². The molecular formula is C20H37N2O2+. The van der Waals surface area contributed by atoms with E-state index in [1.54, 1.807) is 0 Å². The number of nitrogens with zero attached hydrogens (tertiary/aromatic N) is 2. The molecule has 0 spiro atoms. The average molecular weight is 338 g/mol. The first-order valence-electron chi connectivity index (χ1n) is 9.84. The van der Waals surface area contributed by atoms with E-state index in [1.165, 1.54) is 32.1 Å². The molecule has 4 heteroatoms. The van der Waals surface area contributed by atoms with E-state index < -0.39 is 0 Å². The van der Waals surface area contributed by atoms with Gasteiger partial charge >= 0.3 is 0 Å². The fraction of sp³-hybridized carbons (Fsp3) is 0.850. The van der Waals surface area contributed by atoms with E-state index in [4.69, 9.17) is 9.47 Å². The Morgan fingerprint density at radius 2 is 2.08 bits per heavy atom. The normalized spacial score (nSPS) is 24.6. The monoisotopic (exact) mass is 337 g/mol. The van der Waals surface area contributed by atoms with Crippen molar-refractivity contribution < 1.29 is 14.0 Å². The second-order valence-electron chi connectivity index (χ2n) is 7.85. The summed E-state index contributed by atoms with van der Waals surface area (Å²) in [6.45, 7) is 11.3. The summed E-state index contributed by atoms with van der Waals surface area (Å²) in [5.41, 5.74) is 0. The summed E-state index contributed by atoms with van der Waals surface area (Å²) in [4.78, 5) is 0. The van der Waals surface area contributed by atoms with Crippen LogP contribution in [0.1, 0.15) is 66.2 Å². The molecule has 0 unspecified atom stereocenters. The molecule has 0 radical (unpaired) electrons. The molecule has 1 aromatic heterocycles. The van der Waals surface area contributed by atoms with Crippen molar-refractivity contribution in [2.75, 3.05) is 6.61 Å². The third-order valence-corrected chi connectivity index (χ3v) is 5.28. The highest BCUT2D eigenvalue weighted by Gasteiger charge is 2.31. The molecule has 24 heavy (non-hydrogen) atoms. The predicted octanol–water partition coefficient (Wildman–Crippen LogP) is 4.37. The predicted molar refractivity (Wildman–Crippen MR) is 96.3 cm³/mol. The van der Waals surface area contributed by atoms with Gasteiger partial charge in [0.25, 0.3) is 0 Å². The van der Waals surface area contributed by atoms with Crippen molar-refractivity contribution in [3.63, 3.8) is 0 Å². The van der Waals surface area contributed by atoms with Gasteiger partial charge in [0.1, 0.15) is 12.4 Å². The van der Waals surface area contributed by atoms with Crippen LogP contribution in [-0.4, -0.2) is 17.3 Å². The van der Waals surface area contributed by atoms with E-state index in [2.05, 4.69) is 55.6 Å².